The van der Waals surface area contributed by atoms with Crippen molar-refractivity contribution in [1.82, 2.24) is 9.97 Å². The van der Waals surface area contributed by atoms with Crippen molar-refractivity contribution >= 4 is 17.4 Å². The third-order valence-electron chi connectivity index (χ3n) is 1.61. The molecule has 0 radical (unpaired) electrons. The Bertz CT molecular complexity index is 317. The Hall–Kier alpha value is -1.29. The molecule has 0 aromatic carbocycles. The van der Waals surface area contributed by atoms with E-state index in [1.807, 2.05) is 6.08 Å². The molecule has 4 nitrogen and oxygen atoms in total. The maximum absolute atomic E-state index is 5.81. The Balaban J connectivity index is 2.74. The minimum Gasteiger partial charge on any atom is -0.490 e. The maximum Gasteiger partial charge on any atom is 0.198 e. The van der Waals surface area contributed by atoms with Crippen LogP contribution < -0.4 is 10.1 Å². The molecule has 0 saturated carbocycles. The molecular formula is C9H12ClN3O. The Morgan fingerprint density at radius 1 is 1.64 bits per heavy atom. The van der Waals surface area contributed by atoms with E-state index in [-0.39, 0.29) is 0 Å². The van der Waals surface area contributed by atoms with E-state index < -0.39 is 0 Å². The molecule has 14 heavy (non-hydrogen) atoms. The lowest BCUT2D eigenvalue weighted by Gasteiger charge is -2.09. The van der Waals surface area contributed by atoms with Gasteiger partial charge in [0, 0.05) is 6.54 Å². The average molecular weight is 214 g/mol. The molecule has 5 heteroatoms. The topological polar surface area (TPSA) is 47.0 Å². The number of hydrogen-bond donors (Lipinski definition) is 1. The Labute approximate surface area is 88.0 Å². The fraction of sp³-hybridized carbons (Fsp3) is 0.333. The highest BCUT2D eigenvalue weighted by Crippen LogP contribution is 2.27. The van der Waals surface area contributed by atoms with Gasteiger partial charge in [0.05, 0.1) is 7.11 Å². The fourth-order valence-corrected chi connectivity index (χ4v) is 1.16. The summed E-state index contributed by atoms with van der Waals surface area (Å²) in [5.41, 5.74) is 0. The third kappa shape index (κ3) is 2.60. The summed E-state index contributed by atoms with van der Waals surface area (Å²) in [5, 5.41) is 3.38. The highest BCUT2D eigenvalue weighted by Gasteiger charge is 2.08. The number of methoxy groups -OCH3 is 1. The standard InChI is InChI=1S/C9H12ClN3O/c1-3-4-5-11-9-7(14-2)8(10)12-6-13-9/h3,6H,1,4-5H2,2H3,(H,11,12,13). The second kappa shape index (κ2) is 5.44. The average Bonchev–Trinajstić information content (AvgIpc) is 2.18. The molecule has 1 heterocycles. The summed E-state index contributed by atoms with van der Waals surface area (Å²) in [7, 11) is 1.53. The summed E-state index contributed by atoms with van der Waals surface area (Å²) in [6, 6.07) is 0. The molecule has 76 valence electrons. The van der Waals surface area contributed by atoms with E-state index in [1.54, 1.807) is 0 Å². The monoisotopic (exact) mass is 213 g/mol. The normalized spacial score (nSPS) is 9.57. The van der Waals surface area contributed by atoms with E-state index in [2.05, 4.69) is 21.9 Å². The zero-order valence-corrected chi connectivity index (χ0v) is 8.71. The van der Waals surface area contributed by atoms with Crippen molar-refractivity contribution in [1.29, 1.82) is 0 Å². The molecule has 0 amide bonds. The molecule has 0 fully saturated rings. The summed E-state index contributed by atoms with van der Waals surface area (Å²) in [6.45, 7) is 4.37. The molecule has 0 unspecified atom stereocenters. The number of ether oxygens (including phenoxy) is 1. The summed E-state index contributed by atoms with van der Waals surface area (Å²) in [4.78, 5) is 7.82. The van der Waals surface area contributed by atoms with E-state index in [9.17, 15) is 0 Å². The molecule has 0 bridgehead atoms. The molecule has 1 aromatic heterocycles. The number of anilines is 1. The molecule has 1 rings (SSSR count). The molecule has 1 N–H and O–H groups in total. The van der Waals surface area contributed by atoms with Gasteiger partial charge in [0.1, 0.15) is 6.33 Å². The summed E-state index contributed by atoms with van der Waals surface area (Å²) in [5.74, 6) is 1.08. The van der Waals surface area contributed by atoms with Gasteiger partial charge in [0.15, 0.2) is 16.7 Å². The lowest BCUT2D eigenvalue weighted by molar-refractivity contribution is 0.413. The van der Waals surface area contributed by atoms with E-state index in [0.29, 0.717) is 16.7 Å². The minimum absolute atomic E-state index is 0.309. The van der Waals surface area contributed by atoms with Crippen molar-refractivity contribution < 1.29 is 4.74 Å². The van der Waals surface area contributed by atoms with Gasteiger partial charge in [-0.05, 0) is 6.42 Å². The predicted octanol–water partition coefficient (Wildman–Crippen LogP) is 2.13. The molecule has 0 aliphatic carbocycles. The summed E-state index contributed by atoms with van der Waals surface area (Å²) in [6.07, 6.45) is 4.06. The van der Waals surface area contributed by atoms with Crippen molar-refractivity contribution in [3.63, 3.8) is 0 Å². The van der Waals surface area contributed by atoms with Crippen LogP contribution in [0.15, 0.2) is 19.0 Å². The van der Waals surface area contributed by atoms with Crippen LogP contribution in [-0.2, 0) is 0 Å². The second-order valence-corrected chi connectivity index (χ2v) is 2.91. The van der Waals surface area contributed by atoms with Crippen molar-refractivity contribution in [2.75, 3.05) is 19.0 Å². The number of halogens is 1. The molecule has 0 saturated heterocycles. The van der Waals surface area contributed by atoms with Gasteiger partial charge in [-0.1, -0.05) is 17.7 Å². The summed E-state index contributed by atoms with van der Waals surface area (Å²) < 4.78 is 5.06. The van der Waals surface area contributed by atoms with Gasteiger partial charge < -0.3 is 10.1 Å². The second-order valence-electron chi connectivity index (χ2n) is 2.55. The van der Waals surface area contributed by atoms with Gasteiger partial charge in [-0.2, -0.15) is 0 Å². The Morgan fingerprint density at radius 2 is 2.43 bits per heavy atom. The number of hydrogen-bond acceptors (Lipinski definition) is 4. The molecule has 0 aliphatic rings. The van der Waals surface area contributed by atoms with Crippen LogP contribution in [0.4, 0.5) is 5.82 Å². The van der Waals surface area contributed by atoms with Crippen molar-refractivity contribution in [2.24, 2.45) is 0 Å². The molecule has 1 aromatic rings. The molecule has 0 aliphatic heterocycles. The Morgan fingerprint density at radius 3 is 3.07 bits per heavy atom. The number of nitrogens with one attached hydrogen (secondary N) is 1. The van der Waals surface area contributed by atoms with Crippen molar-refractivity contribution in [3.05, 3.63) is 24.1 Å². The zero-order valence-electron chi connectivity index (χ0n) is 7.96. The van der Waals surface area contributed by atoms with E-state index in [1.165, 1.54) is 13.4 Å². The van der Waals surface area contributed by atoms with Crippen LogP contribution in [-0.4, -0.2) is 23.6 Å². The minimum atomic E-state index is 0.309. The maximum atomic E-state index is 5.81. The van der Waals surface area contributed by atoms with Crippen LogP contribution in [0, 0.1) is 0 Å². The highest BCUT2D eigenvalue weighted by molar-refractivity contribution is 6.31. The van der Waals surface area contributed by atoms with Crippen LogP contribution in [0.3, 0.4) is 0 Å². The Kier molecular flexibility index (Phi) is 4.19. The van der Waals surface area contributed by atoms with Gasteiger partial charge in [-0.3, -0.25) is 0 Å². The van der Waals surface area contributed by atoms with E-state index in [4.69, 9.17) is 16.3 Å². The lowest BCUT2D eigenvalue weighted by atomic mass is 10.4. The summed E-state index contributed by atoms with van der Waals surface area (Å²) >= 11 is 5.81. The highest BCUT2D eigenvalue weighted by atomic mass is 35.5. The first-order valence-electron chi connectivity index (χ1n) is 4.19. The smallest absolute Gasteiger partial charge is 0.198 e. The van der Waals surface area contributed by atoms with Gasteiger partial charge in [0.25, 0.3) is 0 Å². The lowest BCUT2D eigenvalue weighted by Crippen LogP contribution is -2.05. The third-order valence-corrected chi connectivity index (χ3v) is 1.87. The van der Waals surface area contributed by atoms with Crippen LogP contribution in [0.1, 0.15) is 6.42 Å². The van der Waals surface area contributed by atoms with Gasteiger partial charge in [0.2, 0.25) is 0 Å². The van der Waals surface area contributed by atoms with E-state index in [0.717, 1.165) is 13.0 Å². The van der Waals surface area contributed by atoms with Gasteiger partial charge in [-0.15, -0.1) is 6.58 Å². The molecule has 0 atom stereocenters. The van der Waals surface area contributed by atoms with Crippen LogP contribution in [0.5, 0.6) is 5.75 Å². The molecule has 0 spiro atoms. The predicted molar refractivity (Wildman–Crippen MR) is 56.9 cm³/mol. The van der Waals surface area contributed by atoms with Crippen LogP contribution in [0.2, 0.25) is 5.15 Å². The first-order chi connectivity index (χ1) is 6.79. The van der Waals surface area contributed by atoms with E-state index >= 15 is 0 Å². The molecular weight excluding hydrogens is 202 g/mol. The first-order valence-corrected chi connectivity index (χ1v) is 4.56. The fourth-order valence-electron chi connectivity index (χ4n) is 0.952. The first kappa shape index (κ1) is 10.8. The number of rotatable bonds is 5. The van der Waals surface area contributed by atoms with Crippen LogP contribution >= 0.6 is 11.6 Å². The SMILES string of the molecule is C=CCCNc1ncnc(Cl)c1OC. The van der Waals surface area contributed by atoms with Crippen LogP contribution in [0.25, 0.3) is 0 Å². The van der Waals surface area contributed by atoms with Crippen molar-refractivity contribution in [3.8, 4) is 5.75 Å². The van der Waals surface area contributed by atoms with Gasteiger partial charge in [-0.25, -0.2) is 9.97 Å². The zero-order chi connectivity index (χ0) is 10.4. The quantitative estimate of drug-likeness (QED) is 0.463. The largest absolute Gasteiger partial charge is 0.490 e. The number of nitrogens with zero attached hydrogens (tertiary/aromatic N) is 2. The van der Waals surface area contributed by atoms with Crippen molar-refractivity contribution in [2.45, 2.75) is 6.42 Å². The number of aromatic nitrogens is 2. The van der Waals surface area contributed by atoms with Gasteiger partial charge >= 0.3 is 0 Å².